The Morgan fingerprint density at radius 2 is 2.03 bits per heavy atom. The lowest BCUT2D eigenvalue weighted by Gasteiger charge is -2.32. The molecule has 32 heavy (non-hydrogen) atoms. The van der Waals surface area contributed by atoms with Gasteiger partial charge in [-0.3, -0.25) is 14.5 Å². The van der Waals surface area contributed by atoms with Crippen molar-refractivity contribution in [3.05, 3.63) is 52.9 Å². The summed E-state index contributed by atoms with van der Waals surface area (Å²) >= 11 is 1.63. The molecule has 0 radical (unpaired) electrons. The first-order chi connectivity index (χ1) is 15.5. The third-order valence-corrected chi connectivity index (χ3v) is 6.06. The number of amides is 2. The average molecular weight is 452 g/mol. The lowest BCUT2D eigenvalue weighted by atomic mass is 10.1. The van der Waals surface area contributed by atoms with Crippen molar-refractivity contribution in [2.24, 2.45) is 0 Å². The molecule has 166 valence electrons. The normalized spacial score (nSPS) is 15.2. The van der Waals surface area contributed by atoms with Gasteiger partial charge in [-0.15, -0.1) is 11.3 Å². The molecule has 1 aliphatic heterocycles. The summed E-state index contributed by atoms with van der Waals surface area (Å²) < 4.78 is 10.9. The van der Waals surface area contributed by atoms with Crippen LogP contribution in [0.3, 0.4) is 0 Å². The van der Waals surface area contributed by atoms with Gasteiger partial charge in [0.25, 0.3) is 5.91 Å². The minimum Gasteiger partial charge on any atom is -0.497 e. The molecular formula is C24H25N3O4S. The van der Waals surface area contributed by atoms with Crippen molar-refractivity contribution in [1.82, 2.24) is 4.98 Å². The number of thiazole rings is 1. The number of aryl methyl sites for hydroxylation is 1. The highest BCUT2D eigenvalue weighted by atomic mass is 32.1. The first-order valence-corrected chi connectivity index (χ1v) is 11.4. The Bertz CT molecular complexity index is 1130. The zero-order valence-electron chi connectivity index (χ0n) is 18.3. The van der Waals surface area contributed by atoms with E-state index in [0.717, 1.165) is 29.1 Å². The van der Waals surface area contributed by atoms with Crippen molar-refractivity contribution in [3.63, 3.8) is 0 Å². The first-order valence-electron chi connectivity index (χ1n) is 10.5. The average Bonchev–Trinajstić information content (AvgIpc) is 3.26. The zero-order chi connectivity index (χ0) is 22.7. The van der Waals surface area contributed by atoms with Gasteiger partial charge in [0.1, 0.15) is 18.0 Å². The number of fused-ring (bicyclic) bond motifs is 1. The molecule has 2 heterocycles. The summed E-state index contributed by atoms with van der Waals surface area (Å²) in [7, 11) is 1.58. The van der Waals surface area contributed by atoms with Crippen molar-refractivity contribution >= 4 is 34.5 Å². The predicted molar refractivity (Wildman–Crippen MR) is 126 cm³/mol. The summed E-state index contributed by atoms with van der Waals surface area (Å²) in [5.74, 6) is 0.713. The summed E-state index contributed by atoms with van der Waals surface area (Å²) in [5, 5.41) is 5.93. The molecule has 1 atom stereocenters. The molecule has 8 heteroatoms. The molecule has 0 saturated heterocycles. The molecule has 1 unspecified atom stereocenters. The molecule has 7 nitrogen and oxygen atoms in total. The third kappa shape index (κ3) is 4.60. The largest absolute Gasteiger partial charge is 0.497 e. The van der Waals surface area contributed by atoms with Gasteiger partial charge in [0.2, 0.25) is 5.91 Å². The number of nitrogens with zero attached hydrogens (tertiary/aromatic N) is 2. The van der Waals surface area contributed by atoms with Crippen LogP contribution in [0.25, 0.3) is 11.3 Å². The molecular weight excluding hydrogens is 426 g/mol. The van der Waals surface area contributed by atoms with Crippen molar-refractivity contribution in [2.45, 2.75) is 32.8 Å². The lowest BCUT2D eigenvalue weighted by Crippen LogP contribution is -2.47. The Balaban J connectivity index is 1.57. The maximum Gasteiger partial charge on any atom is 0.268 e. The van der Waals surface area contributed by atoms with Crippen LogP contribution in [0, 0.1) is 0 Å². The molecule has 1 aromatic heterocycles. The van der Waals surface area contributed by atoms with Gasteiger partial charge >= 0.3 is 0 Å². The van der Waals surface area contributed by atoms with Gasteiger partial charge in [0.05, 0.1) is 23.5 Å². The Labute approximate surface area is 191 Å². The second-order valence-electron chi connectivity index (χ2n) is 7.52. The van der Waals surface area contributed by atoms with Gasteiger partial charge in [0, 0.05) is 16.6 Å². The Hall–Kier alpha value is -3.39. The number of methoxy groups -OCH3 is 1. The van der Waals surface area contributed by atoms with Crippen LogP contribution in [0.4, 0.5) is 11.4 Å². The monoisotopic (exact) mass is 451 g/mol. The van der Waals surface area contributed by atoms with E-state index in [9.17, 15) is 9.59 Å². The summed E-state index contributed by atoms with van der Waals surface area (Å²) in [6.45, 7) is 3.69. The number of nitrogens with one attached hydrogen (secondary N) is 1. The minimum atomic E-state index is -0.669. The van der Waals surface area contributed by atoms with E-state index in [-0.39, 0.29) is 18.4 Å². The van der Waals surface area contributed by atoms with Crippen LogP contribution in [0.5, 0.6) is 11.5 Å². The lowest BCUT2D eigenvalue weighted by molar-refractivity contribution is -0.127. The fraction of sp³-hybridized carbons (Fsp3) is 0.292. The molecule has 0 saturated carbocycles. The van der Waals surface area contributed by atoms with E-state index < -0.39 is 6.10 Å². The van der Waals surface area contributed by atoms with Gasteiger partial charge in [0.15, 0.2) is 6.10 Å². The number of carbonyl (C=O) groups is 2. The van der Waals surface area contributed by atoms with Crippen LogP contribution in [0.15, 0.2) is 47.8 Å². The van der Waals surface area contributed by atoms with Gasteiger partial charge in [-0.05, 0) is 62.2 Å². The van der Waals surface area contributed by atoms with Gasteiger partial charge in [-0.1, -0.05) is 6.92 Å². The molecule has 1 aliphatic rings. The van der Waals surface area contributed by atoms with E-state index in [1.54, 1.807) is 49.6 Å². The maximum atomic E-state index is 12.9. The van der Waals surface area contributed by atoms with Crippen LogP contribution in [0.1, 0.15) is 25.3 Å². The SMILES string of the molecule is CCCc1nc(-c2ccc3c(c2)N(CC(=O)Nc2ccc(OC)cc2)C(=O)C(C)O3)cs1. The number of carbonyl (C=O) groups excluding carboxylic acids is 2. The highest BCUT2D eigenvalue weighted by molar-refractivity contribution is 7.09. The fourth-order valence-corrected chi connectivity index (χ4v) is 4.43. The molecule has 2 aromatic carbocycles. The van der Waals surface area contributed by atoms with Crippen LogP contribution >= 0.6 is 11.3 Å². The Kier molecular flexibility index (Phi) is 6.41. The van der Waals surface area contributed by atoms with Crippen LogP contribution in [-0.4, -0.2) is 36.6 Å². The third-order valence-electron chi connectivity index (χ3n) is 5.15. The van der Waals surface area contributed by atoms with E-state index in [2.05, 4.69) is 12.2 Å². The number of anilines is 2. The van der Waals surface area contributed by atoms with Crippen molar-refractivity contribution in [1.29, 1.82) is 0 Å². The summed E-state index contributed by atoms with van der Waals surface area (Å²) in [6.07, 6.45) is 1.30. The van der Waals surface area contributed by atoms with E-state index in [1.165, 1.54) is 4.90 Å². The molecule has 2 amide bonds. The van der Waals surface area contributed by atoms with E-state index in [0.29, 0.717) is 22.9 Å². The molecule has 0 fully saturated rings. The van der Waals surface area contributed by atoms with Crippen molar-refractivity contribution in [2.75, 3.05) is 23.9 Å². The van der Waals surface area contributed by atoms with E-state index >= 15 is 0 Å². The molecule has 4 rings (SSSR count). The molecule has 0 spiro atoms. The Morgan fingerprint density at radius 3 is 2.75 bits per heavy atom. The van der Waals surface area contributed by atoms with Crippen molar-refractivity contribution < 1.29 is 19.1 Å². The van der Waals surface area contributed by atoms with E-state index in [4.69, 9.17) is 14.5 Å². The highest BCUT2D eigenvalue weighted by Crippen LogP contribution is 2.37. The van der Waals surface area contributed by atoms with Crippen LogP contribution < -0.4 is 19.7 Å². The predicted octanol–water partition coefficient (Wildman–Crippen LogP) is 4.52. The number of rotatable bonds is 7. The number of hydrogen-bond donors (Lipinski definition) is 1. The number of benzene rings is 2. The summed E-state index contributed by atoms with van der Waals surface area (Å²) in [4.78, 5) is 31.8. The van der Waals surface area contributed by atoms with Crippen LogP contribution in [0.2, 0.25) is 0 Å². The Morgan fingerprint density at radius 1 is 1.25 bits per heavy atom. The van der Waals surface area contributed by atoms with E-state index in [1.807, 2.05) is 23.6 Å². The minimum absolute atomic E-state index is 0.118. The zero-order valence-corrected chi connectivity index (χ0v) is 19.1. The summed E-state index contributed by atoms with van der Waals surface area (Å²) in [6, 6.07) is 12.7. The maximum absolute atomic E-state index is 12.9. The topological polar surface area (TPSA) is 80.8 Å². The smallest absolute Gasteiger partial charge is 0.268 e. The fourth-order valence-electron chi connectivity index (χ4n) is 3.52. The molecule has 1 N–H and O–H groups in total. The summed E-state index contributed by atoms with van der Waals surface area (Å²) in [5.41, 5.74) is 2.94. The highest BCUT2D eigenvalue weighted by Gasteiger charge is 2.33. The van der Waals surface area contributed by atoms with Gasteiger partial charge in [-0.25, -0.2) is 4.98 Å². The van der Waals surface area contributed by atoms with Crippen molar-refractivity contribution in [3.8, 4) is 22.8 Å². The molecule has 0 bridgehead atoms. The standard InChI is InChI=1S/C24H25N3O4S/c1-4-5-23-26-19(14-32-23)16-6-11-21-20(12-16)27(24(29)15(2)31-21)13-22(28)25-17-7-9-18(30-3)10-8-17/h6-12,14-15H,4-5,13H2,1-3H3,(H,25,28). The van der Waals surface area contributed by atoms with Crippen LogP contribution in [-0.2, 0) is 16.0 Å². The van der Waals surface area contributed by atoms with Gasteiger partial charge < -0.3 is 14.8 Å². The quantitative estimate of drug-likeness (QED) is 0.571. The second-order valence-corrected chi connectivity index (χ2v) is 8.46. The molecule has 0 aliphatic carbocycles. The number of hydrogen-bond acceptors (Lipinski definition) is 6. The first kappa shape index (κ1) is 21.8. The number of ether oxygens (including phenoxy) is 2. The number of aromatic nitrogens is 1. The molecule has 3 aromatic rings. The van der Waals surface area contributed by atoms with Gasteiger partial charge in [-0.2, -0.15) is 0 Å². The second kappa shape index (κ2) is 9.40.